The van der Waals surface area contributed by atoms with Gasteiger partial charge in [-0.1, -0.05) is 85.6 Å². The minimum Gasteiger partial charge on any atom is -0.392 e. The number of aliphatic hydroxyl groups excluding tert-OH is 1. The van der Waals surface area contributed by atoms with Crippen LogP contribution >= 0.6 is 0 Å². The molecule has 1 heterocycles. The van der Waals surface area contributed by atoms with Crippen molar-refractivity contribution in [3.63, 3.8) is 0 Å². The van der Waals surface area contributed by atoms with Crippen LogP contribution < -0.4 is 10.6 Å². The van der Waals surface area contributed by atoms with Crippen LogP contribution in [0.5, 0.6) is 0 Å². The molecule has 43 heavy (non-hydrogen) atoms. The topological polar surface area (TPSA) is 83.1 Å². The van der Waals surface area contributed by atoms with Gasteiger partial charge in [0.15, 0.2) is 6.29 Å². The van der Waals surface area contributed by atoms with Gasteiger partial charge in [0, 0.05) is 44.2 Å². The highest BCUT2D eigenvalue weighted by atomic mass is 16.7. The molecular weight excluding hydrogens is 538 g/mol. The molecule has 3 aromatic rings. The van der Waals surface area contributed by atoms with E-state index in [2.05, 4.69) is 70.6 Å². The number of urea groups is 1. The Morgan fingerprint density at radius 3 is 2.40 bits per heavy atom. The number of nitrogens with one attached hydrogen (secondary N) is 2. The quantitative estimate of drug-likeness (QED) is 0.208. The van der Waals surface area contributed by atoms with Crippen molar-refractivity contribution in [3.05, 3.63) is 108 Å². The Hall–Kier alpha value is -3.49. The Balaban J connectivity index is 1.33. The summed E-state index contributed by atoms with van der Waals surface area (Å²) in [6.45, 7) is 8.71. The van der Waals surface area contributed by atoms with Crippen LogP contribution in [0.1, 0.15) is 73.7 Å². The Labute approximate surface area is 255 Å². The fourth-order valence-electron chi connectivity index (χ4n) is 6.20. The van der Waals surface area contributed by atoms with Crippen molar-refractivity contribution in [2.24, 2.45) is 0 Å². The van der Waals surface area contributed by atoms with Crippen molar-refractivity contribution in [2.75, 3.05) is 19.6 Å². The second kappa shape index (κ2) is 15.3. The number of hydrogen-bond donors (Lipinski definition) is 3. The zero-order valence-electron chi connectivity index (χ0n) is 25.2. The van der Waals surface area contributed by atoms with Gasteiger partial charge in [-0.25, -0.2) is 4.79 Å². The number of benzene rings is 3. The SMILES string of the molecule is C=CCN(CC1CC(c2ccc(CO)cc2)OC(c2ccc(-c3cccc(CNC(=O)NCC)c3)cc2)O1)C1CCCC1. The summed E-state index contributed by atoms with van der Waals surface area (Å²) in [5, 5.41) is 15.2. The predicted molar refractivity (Wildman–Crippen MR) is 170 cm³/mol. The minimum atomic E-state index is -0.489. The third-order valence-corrected chi connectivity index (χ3v) is 8.49. The van der Waals surface area contributed by atoms with Gasteiger partial charge in [-0.15, -0.1) is 6.58 Å². The van der Waals surface area contributed by atoms with Gasteiger partial charge >= 0.3 is 6.03 Å². The van der Waals surface area contributed by atoms with Crippen molar-refractivity contribution >= 4 is 6.03 Å². The van der Waals surface area contributed by atoms with E-state index in [0.29, 0.717) is 19.1 Å². The van der Waals surface area contributed by atoms with Crippen LogP contribution in [0.15, 0.2) is 85.5 Å². The van der Waals surface area contributed by atoms with Crippen LogP contribution in [-0.4, -0.2) is 47.8 Å². The third kappa shape index (κ3) is 8.33. The first kappa shape index (κ1) is 31.0. The average Bonchev–Trinajstić information content (AvgIpc) is 3.59. The highest BCUT2D eigenvalue weighted by Crippen LogP contribution is 2.39. The van der Waals surface area contributed by atoms with Gasteiger partial charge in [0.05, 0.1) is 18.8 Å². The molecule has 2 fully saturated rings. The summed E-state index contributed by atoms with van der Waals surface area (Å²) < 4.78 is 13.3. The molecular formula is C36H45N3O4. The van der Waals surface area contributed by atoms with Gasteiger partial charge in [0.25, 0.3) is 0 Å². The van der Waals surface area contributed by atoms with Gasteiger partial charge in [0.1, 0.15) is 0 Å². The molecule has 3 aromatic carbocycles. The van der Waals surface area contributed by atoms with Crippen molar-refractivity contribution in [2.45, 2.75) is 76.7 Å². The first-order valence-electron chi connectivity index (χ1n) is 15.6. The Morgan fingerprint density at radius 2 is 1.70 bits per heavy atom. The summed E-state index contributed by atoms with van der Waals surface area (Å²) in [7, 11) is 0. The summed E-state index contributed by atoms with van der Waals surface area (Å²) in [6, 6.07) is 25.1. The molecule has 3 unspecified atom stereocenters. The van der Waals surface area contributed by atoms with E-state index < -0.39 is 6.29 Å². The molecule has 1 saturated heterocycles. The summed E-state index contributed by atoms with van der Waals surface area (Å²) in [6.07, 6.45) is 7.22. The lowest BCUT2D eigenvalue weighted by Crippen LogP contribution is -2.43. The number of amides is 2. The van der Waals surface area contributed by atoms with Crippen molar-refractivity contribution in [3.8, 4) is 11.1 Å². The van der Waals surface area contributed by atoms with Crippen LogP contribution in [0.4, 0.5) is 4.79 Å². The molecule has 228 valence electrons. The van der Waals surface area contributed by atoms with E-state index in [1.807, 2.05) is 37.3 Å². The number of aliphatic hydroxyl groups is 1. The molecule has 0 radical (unpaired) electrons. The van der Waals surface area contributed by atoms with E-state index in [0.717, 1.165) is 52.9 Å². The van der Waals surface area contributed by atoms with Crippen LogP contribution in [0, 0.1) is 0 Å². The first-order chi connectivity index (χ1) is 21.1. The van der Waals surface area contributed by atoms with Gasteiger partial charge in [0.2, 0.25) is 0 Å². The fourth-order valence-corrected chi connectivity index (χ4v) is 6.20. The summed E-state index contributed by atoms with van der Waals surface area (Å²) in [5.74, 6) is 0. The maximum absolute atomic E-state index is 11.8. The van der Waals surface area contributed by atoms with E-state index in [1.165, 1.54) is 25.7 Å². The van der Waals surface area contributed by atoms with E-state index in [1.54, 1.807) is 0 Å². The van der Waals surface area contributed by atoms with Crippen LogP contribution in [0.3, 0.4) is 0 Å². The number of ether oxygens (including phenoxy) is 2. The van der Waals surface area contributed by atoms with E-state index in [-0.39, 0.29) is 24.8 Å². The molecule has 7 nitrogen and oxygen atoms in total. The lowest BCUT2D eigenvalue weighted by molar-refractivity contribution is -0.253. The molecule has 2 amide bonds. The number of carbonyl (C=O) groups is 1. The molecule has 7 heteroatoms. The Bertz CT molecular complexity index is 1320. The first-order valence-corrected chi connectivity index (χ1v) is 15.6. The number of nitrogens with zero attached hydrogens (tertiary/aromatic N) is 1. The molecule has 1 aliphatic heterocycles. The second-order valence-corrected chi connectivity index (χ2v) is 11.6. The minimum absolute atomic E-state index is 0.00980. The highest BCUT2D eigenvalue weighted by Gasteiger charge is 2.34. The Morgan fingerprint density at radius 1 is 0.953 bits per heavy atom. The zero-order valence-corrected chi connectivity index (χ0v) is 25.2. The van der Waals surface area contributed by atoms with Crippen LogP contribution in [0.25, 0.3) is 11.1 Å². The molecule has 3 N–H and O–H groups in total. The molecule has 0 bridgehead atoms. The molecule has 1 aliphatic carbocycles. The summed E-state index contributed by atoms with van der Waals surface area (Å²) >= 11 is 0. The molecule has 0 spiro atoms. The maximum Gasteiger partial charge on any atom is 0.315 e. The zero-order chi connectivity index (χ0) is 30.0. The smallest absolute Gasteiger partial charge is 0.315 e. The van der Waals surface area contributed by atoms with E-state index >= 15 is 0 Å². The van der Waals surface area contributed by atoms with Crippen molar-refractivity contribution in [1.29, 1.82) is 0 Å². The molecule has 0 aromatic heterocycles. The van der Waals surface area contributed by atoms with E-state index in [4.69, 9.17) is 9.47 Å². The molecule has 5 rings (SSSR count). The van der Waals surface area contributed by atoms with Gasteiger partial charge in [-0.3, -0.25) is 4.90 Å². The average molecular weight is 584 g/mol. The lowest BCUT2D eigenvalue weighted by atomic mass is 9.98. The normalized spacial score (nSPS) is 20.7. The van der Waals surface area contributed by atoms with Crippen LogP contribution in [-0.2, 0) is 22.6 Å². The molecule has 1 saturated carbocycles. The number of rotatable bonds is 12. The summed E-state index contributed by atoms with van der Waals surface area (Å²) in [4.78, 5) is 14.4. The second-order valence-electron chi connectivity index (χ2n) is 11.6. The van der Waals surface area contributed by atoms with Crippen LogP contribution in [0.2, 0.25) is 0 Å². The standard InChI is InChI=1S/C36H45N3O4/c1-3-20-39(32-10-5-6-11-32)24-33-22-34(29-14-12-26(25-40)13-15-29)43-35(42-33)30-18-16-28(17-19-30)31-9-7-8-27(21-31)23-38-36(41)37-4-2/h3,7-9,12-19,21,32-35,40H,1,4-6,10-11,20,22-25H2,2H3,(H2,37,38,41). The fraction of sp³-hybridized carbons (Fsp3) is 0.417. The largest absolute Gasteiger partial charge is 0.392 e. The third-order valence-electron chi connectivity index (χ3n) is 8.49. The van der Waals surface area contributed by atoms with Gasteiger partial charge in [-0.2, -0.15) is 0 Å². The van der Waals surface area contributed by atoms with Crippen molar-refractivity contribution in [1.82, 2.24) is 15.5 Å². The molecule has 2 aliphatic rings. The maximum atomic E-state index is 11.8. The molecule has 3 atom stereocenters. The predicted octanol–water partition coefficient (Wildman–Crippen LogP) is 6.64. The highest BCUT2D eigenvalue weighted by molar-refractivity contribution is 5.73. The van der Waals surface area contributed by atoms with Crippen molar-refractivity contribution < 1.29 is 19.4 Å². The summed E-state index contributed by atoms with van der Waals surface area (Å²) in [5.41, 5.74) is 6.18. The van der Waals surface area contributed by atoms with E-state index in [9.17, 15) is 9.90 Å². The monoisotopic (exact) mass is 583 g/mol. The van der Waals surface area contributed by atoms with Gasteiger partial charge < -0.3 is 25.2 Å². The number of hydrogen-bond acceptors (Lipinski definition) is 5. The lowest BCUT2D eigenvalue weighted by Gasteiger charge is -2.39. The Kier molecular flexibility index (Phi) is 11.0. The number of carbonyl (C=O) groups excluding carboxylic acids is 1. The van der Waals surface area contributed by atoms with Gasteiger partial charge in [-0.05, 0) is 53.6 Å².